The molecule has 1 N–H and O–H groups in total. The molecule has 1 aliphatic carbocycles. The van der Waals surface area contributed by atoms with Crippen LogP contribution in [0.25, 0.3) is 22.6 Å². The third-order valence-corrected chi connectivity index (χ3v) is 4.58. The summed E-state index contributed by atoms with van der Waals surface area (Å²) in [5, 5.41) is 13.9. The molecule has 8 nitrogen and oxygen atoms in total. The van der Waals surface area contributed by atoms with Gasteiger partial charge in [-0.25, -0.2) is 15.0 Å². The Kier molecular flexibility index (Phi) is 4.52. The minimum Gasteiger partial charge on any atom is -0.310 e. The van der Waals surface area contributed by atoms with Crippen LogP contribution in [0.3, 0.4) is 0 Å². The number of carbonyl (C=O) groups is 1. The van der Waals surface area contributed by atoms with Gasteiger partial charge in [0.1, 0.15) is 5.82 Å². The van der Waals surface area contributed by atoms with Crippen LogP contribution in [0.2, 0.25) is 0 Å². The monoisotopic (exact) mass is 375 g/mol. The van der Waals surface area contributed by atoms with Crippen molar-refractivity contribution in [3.05, 3.63) is 64.5 Å². The summed E-state index contributed by atoms with van der Waals surface area (Å²) in [6, 6.07) is 9.87. The van der Waals surface area contributed by atoms with E-state index in [4.69, 9.17) is 0 Å². The van der Waals surface area contributed by atoms with Gasteiger partial charge in [0.15, 0.2) is 5.82 Å². The zero-order valence-electron chi connectivity index (χ0n) is 15.1. The number of pyridine rings is 1. The molecule has 0 radical (unpaired) electrons. The van der Waals surface area contributed by atoms with Gasteiger partial charge < -0.3 is 5.32 Å². The minimum absolute atomic E-state index is 0.00903. The van der Waals surface area contributed by atoms with Gasteiger partial charge in [-0.1, -0.05) is 6.07 Å². The number of nitro groups is 1. The Morgan fingerprint density at radius 1 is 1.14 bits per heavy atom. The van der Waals surface area contributed by atoms with Gasteiger partial charge in [0.2, 0.25) is 5.91 Å². The van der Waals surface area contributed by atoms with E-state index in [1.165, 1.54) is 12.1 Å². The lowest BCUT2D eigenvalue weighted by Gasteiger charge is -2.08. The molecule has 0 spiro atoms. The van der Waals surface area contributed by atoms with Gasteiger partial charge in [0.25, 0.3) is 5.69 Å². The van der Waals surface area contributed by atoms with Crippen molar-refractivity contribution in [2.75, 3.05) is 5.32 Å². The minimum atomic E-state index is -0.428. The molecule has 2 aromatic heterocycles. The second-order valence-corrected chi connectivity index (χ2v) is 6.72. The summed E-state index contributed by atoms with van der Waals surface area (Å²) in [6.45, 7) is 1.87. The molecule has 4 rings (SSSR count). The van der Waals surface area contributed by atoms with E-state index in [0.717, 1.165) is 18.4 Å². The average Bonchev–Trinajstić information content (AvgIpc) is 3.54. The molecule has 0 aliphatic heterocycles. The van der Waals surface area contributed by atoms with Crippen molar-refractivity contribution in [1.82, 2.24) is 15.0 Å². The van der Waals surface area contributed by atoms with E-state index in [-0.39, 0.29) is 17.5 Å². The normalized spacial score (nSPS) is 13.2. The lowest BCUT2D eigenvalue weighted by molar-refractivity contribution is -0.384. The highest BCUT2D eigenvalue weighted by atomic mass is 16.6. The van der Waals surface area contributed by atoms with E-state index in [0.29, 0.717) is 28.5 Å². The Labute approximate surface area is 160 Å². The van der Waals surface area contributed by atoms with Crippen LogP contribution in [0.15, 0.2) is 48.8 Å². The Hall–Kier alpha value is -3.68. The number of benzene rings is 1. The fourth-order valence-electron chi connectivity index (χ4n) is 2.86. The number of hydrogen-bond donors (Lipinski definition) is 1. The van der Waals surface area contributed by atoms with E-state index in [9.17, 15) is 14.9 Å². The fourth-order valence-corrected chi connectivity index (χ4v) is 2.86. The van der Waals surface area contributed by atoms with E-state index >= 15 is 0 Å². The Morgan fingerprint density at radius 3 is 2.68 bits per heavy atom. The molecular weight excluding hydrogens is 358 g/mol. The van der Waals surface area contributed by atoms with Gasteiger partial charge >= 0.3 is 0 Å². The third kappa shape index (κ3) is 3.71. The molecule has 1 aromatic carbocycles. The zero-order chi connectivity index (χ0) is 19.7. The van der Waals surface area contributed by atoms with Crippen LogP contribution in [0, 0.1) is 23.0 Å². The third-order valence-electron chi connectivity index (χ3n) is 4.58. The number of non-ortho nitro benzene ring substituents is 1. The molecule has 1 amide bonds. The van der Waals surface area contributed by atoms with Gasteiger partial charge in [0, 0.05) is 41.6 Å². The summed E-state index contributed by atoms with van der Waals surface area (Å²) in [4.78, 5) is 35.7. The second-order valence-electron chi connectivity index (χ2n) is 6.72. The molecule has 28 heavy (non-hydrogen) atoms. The van der Waals surface area contributed by atoms with E-state index in [1.807, 2.05) is 6.92 Å². The van der Waals surface area contributed by atoms with Gasteiger partial charge in [-0.05, 0) is 43.5 Å². The van der Waals surface area contributed by atoms with Crippen molar-refractivity contribution in [2.24, 2.45) is 5.92 Å². The maximum absolute atomic E-state index is 11.9. The first-order valence-corrected chi connectivity index (χ1v) is 8.87. The largest absolute Gasteiger partial charge is 0.310 e. The van der Waals surface area contributed by atoms with Crippen LogP contribution < -0.4 is 5.32 Å². The molecule has 3 aromatic rings. The summed E-state index contributed by atoms with van der Waals surface area (Å²) >= 11 is 0. The molecule has 1 aliphatic rings. The summed E-state index contributed by atoms with van der Waals surface area (Å²) in [5.41, 5.74) is 2.85. The smallest absolute Gasteiger partial charge is 0.270 e. The Morgan fingerprint density at radius 2 is 1.93 bits per heavy atom. The Balaban J connectivity index is 1.67. The molecule has 0 saturated heterocycles. The quantitative estimate of drug-likeness (QED) is 0.537. The highest BCUT2D eigenvalue weighted by Gasteiger charge is 2.29. The maximum Gasteiger partial charge on any atom is 0.270 e. The summed E-state index contributed by atoms with van der Waals surface area (Å²) in [7, 11) is 0. The number of hydrogen-bond acceptors (Lipinski definition) is 6. The number of amides is 1. The number of rotatable bonds is 5. The number of aryl methyl sites for hydroxylation is 1. The number of nitrogens with one attached hydrogen (secondary N) is 1. The van der Waals surface area contributed by atoms with E-state index < -0.39 is 4.92 Å². The number of nitrogens with zero attached hydrogens (tertiary/aromatic N) is 4. The predicted molar refractivity (Wildman–Crippen MR) is 103 cm³/mol. The summed E-state index contributed by atoms with van der Waals surface area (Å²) in [5.74, 6) is 0.969. The van der Waals surface area contributed by atoms with Gasteiger partial charge in [0.05, 0.1) is 10.6 Å². The van der Waals surface area contributed by atoms with Crippen LogP contribution in [0.5, 0.6) is 0 Å². The standard InChI is InChI=1S/C20H17N5O3/c1-12-2-5-15(25(27)28)11-16(12)17-7-9-22-19(23-17)14-6-8-21-18(10-14)24-20(26)13-3-4-13/h2,5-11,13H,3-4H2,1H3,(H,21,24,26). The van der Waals surface area contributed by atoms with Crippen LogP contribution in [0.1, 0.15) is 18.4 Å². The number of nitro benzene ring substituents is 1. The molecule has 0 unspecified atom stereocenters. The van der Waals surface area contributed by atoms with Crippen LogP contribution >= 0.6 is 0 Å². The topological polar surface area (TPSA) is 111 Å². The maximum atomic E-state index is 11.9. The summed E-state index contributed by atoms with van der Waals surface area (Å²) < 4.78 is 0. The fraction of sp³-hybridized carbons (Fsp3) is 0.200. The highest BCUT2D eigenvalue weighted by molar-refractivity contribution is 5.93. The van der Waals surface area contributed by atoms with Crippen LogP contribution in [0.4, 0.5) is 11.5 Å². The predicted octanol–water partition coefficient (Wildman–Crippen LogP) is 3.77. The first-order valence-electron chi connectivity index (χ1n) is 8.87. The van der Waals surface area contributed by atoms with Crippen molar-refractivity contribution in [3.8, 4) is 22.6 Å². The van der Waals surface area contributed by atoms with Gasteiger partial charge in [-0.3, -0.25) is 14.9 Å². The molecular formula is C20H17N5O3. The van der Waals surface area contributed by atoms with Crippen molar-refractivity contribution in [1.29, 1.82) is 0 Å². The van der Waals surface area contributed by atoms with E-state index in [1.54, 1.807) is 36.7 Å². The molecule has 1 saturated carbocycles. The van der Waals surface area contributed by atoms with Gasteiger partial charge in [-0.2, -0.15) is 0 Å². The number of aromatic nitrogens is 3. The molecule has 140 valence electrons. The molecule has 1 fully saturated rings. The van der Waals surface area contributed by atoms with E-state index in [2.05, 4.69) is 20.3 Å². The van der Waals surface area contributed by atoms with Crippen LogP contribution in [-0.2, 0) is 4.79 Å². The number of carbonyl (C=O) groups excluding carboxylic acids is 1. The van der Waals surface area contributed by atoms with Crippen LogP contribution in [-0.4, -0.2) is 25.8 Å². The molecule has 2 heterocycles. The average molecular weight is 375 g/mol. The van der Waals surface area contributed by atoms with Crippen molar-refractivity contribution >= 4 is 17.4 Å². The van der Waals surface area contributed by atoms with Crippen molar-refractivity contribution in [3.63, 3.8) is 0 Å². The number of anilines is 1. The molecule has 0 bridgehead atoms. The first-order chi connectivity index (χ1) is 13.5. The second kappa shape index (κ2) is 7.15. The SMILES string of the molecule is Cc1ccc([N+](=O)[O-])cc1-c1ccnc(-c2ccnc(NC(=O)C3CC3)c2)n1. The van der Waals surface area contributed by atoms with Crippen molar-refractivity contribution < 1.29 is 9.72 Å². The molecule has 8 heteroatoms. The highest BCUT2D eigenvalue weighted by Crippen LogP contribution is 2.31. The lowest BCUT2D eigenvalue weighted by Crippen LogP contribution is -2.14. The Bertz CT molecular complexity index is 1080. The lowest BCUT2D eigenvalue weighted by atomic mass is 10.0. The van der Waals surface area contributed by atoms with Crippen molar-refractivity contribution in [2.45, 2.75) is 19.8 Å². The zero-order valence-corrected chi connectivity index (χ0v) is 15.1. The summed E-state index contributed by atoms with van der Waals surface area (Å²) in [6.07, 6.45) is 5.03. The first kappa shape index (κ1) is 17.7. The van der Waals surface area contributed by atoms with Gasteiger partial charge in [-0.15, -0.1) is 0 Å². The molecule has 0 atom stereocenters.